The highest BCUT2D eigenvalue weighted by atomic mass is 16.4. The van der Waals surface area contributed by atoms with Crippen molar-refractivity contribution in [2.45, 2.75) is 6.04 Å². The number of furan rings is 1. The standard InChI is InChI=1S/C20H16N4O3/c25-19(22-20-24-23-18(27-20)16-12-7-13-26-16)21-17(14-8-3-1-4-9-14)15-10-5-2-6-11-15/h1-13,17H,(H2,21,22,24,25). The summed E-state index contributed by atoms with van der Waals surface area (Å²) in [4.78, 5) is 12.5. The molecule has 2 aromatic carbocycles. The molecule has 2 amide bonds. The number of hydrogen-bond donors (Lipinski definition) is 2. The third kappa shape index (κ3) is 3.87. The Bertz CT molecular complexity index is 959. The molecule has 0 spiro atoms. The smallest absolute Gasteiger partial charge is 0.324 e. The maximum Gasteiger partial charge on any atom is 0.324 e. The molecule has 0 aliphatic heterocycles. The summed E-state index contributed by atoms with van der Waals surface area (Å²) in [6, 6.07) is 22.0. The number of amides is 2. The molecule has 0 unspecified atom stereocenters. The average Bonchev–Trinajstić information content (AvgIpc) is 3.39. The number of nitrogens with zero attached hydrogens (tertiary/aromatic N) is 2. The number of carbonyl (C=O) groups excluding carboxylic acids is 1. The van der Waals surface area contributed by atoms with Crippen LogP contribution in [0.5, 0.6) is 0 Å². The Morgan fingerprint density at radius 3 is 2.11 bits per heavy atom. The van der Waals surface area contributed by atoms with Crippen LogP contribution in [0.4, 0.5) is 10.8 Å². The molecule has 7 heteroatoms. The Hall–Kier alpha value is -3.87. The number of aromatic nitrogens is 2. The zero-order chi connectivity index (χ0) is 18.5. The Morgan fingerprint density at radius 2 is 1.52 bits per heavy atom. The van der Waals surface area contributed by atoms with Crippen molar-refractivity contribution in [1.29, 1.82) is 0 Å². The minimum atomic E-state index is -0.456. The molecule has 7 nitrogen and oxygen atoms in total. The fourth-order valence-corrected chi connectivity index (χ4v) is 2.69. The Kier molecular flexibility index (Phi) is 4.65. The van der Waals surface area contributed by atoms with Gasteiger partial charge in [0.1, 0.15) is 0 Å². The van der Waals surface area contributed by atoms with E-state index in [1.807, 2.05) is 60.7 Å². The molecule has 2 heterocycles. The third-order valence-electron chi connectivity index (χ3n) is 3.92. The van der Waals surface area contributed by atoms with Gasteiger partial charge < -0.3 is 14.2 Å². The van der Waals surface area contributed by atoms with Gasteiger partial charge in [-0.3, -0.25) is 5.32 Å². The fourth-order valence-electron chi connectivity index (χ4n) is 2.69. The zero-order valence-electron chi connectivity index (χ0n) is 14.2. The highest BCUT2D eigenvalue weighted by Gasteiger charge is 2.18. The quantitative estimate of drug-likeness (QED) is 0.555. The Balaban J connectivity index is 1.51. The molecule has 2 aromatic heterocycles. The van der Waals surface area contributed by atoms with Gasteiger partial charge >= 0.3 is 12.0 Å². The highest BCUT2D eigenvalue weighted by molar-refractivity contribution is 5.87. The van der Waals surface area contributed by atoms with E-state index in [1.165, 1.54) is 6.26 Å². The second kappa shape index (κ2) is 7.57. The predicted molar refractivity (Wildman–Crippen MR) is 98.9 cm³/mol. The molecule has 0 fully saturated rings. The fraction of sp³-hybridized carbons (Fsp3) is 0.0500. The monoisotopic (exact) mass is 360 g/mol. The van der Waals surface area contributed by atoms with Crippen LogP contribution in [0.3, 0.4) is 0 Å². The normalized spacial score (nSPS) is 10.7. The lowest BCUT2D eigenvalue weighted by atomic mass is 9.99. The summed E-state index contributed by atoms with van der Waals surface area (Å²) in [5.74, 6) is 0.625. The molecule has 0 aliphatic rings. The Labute approximate surface area is 155 Å². The van der Waals surface area contributed by atoms with Crippen LogP contribution in [0.15, 0.2) is 87.9 Å². The first-order valence-electron chi connectivity index (χ1n) is 8.34. The van der Waals surface area contributed by atoms with Gasteiger partial charge in [0.15, 0.2) is 5.76 Å². The van der Waals surface area contributed by atoms with Gasteiger partial charge in [-0.1, -0.05) is 65.8 Å². The first kappa shape index (κ1) is 16.6. The van der Waals surface area contributed by atoms with Crippen molar-refractivity contribution in [2.24, 2.45) is 0 Å². The lowest BCUT2D eigenvalue weighted by Crippen LogP contribution is -2.33. The van der Waals surface area contributed by atoms with Gasteiger partial charge in [-0.15, -0.1) is 5.10 Å². The molecule has 4 rings (SSSR count). The Morgan fingerprint density at radius 1 is 0.852 bits per heavy atom. The number of urea groups is 1. The third-order valence-corrected chi connectivity index (χ3v) is 3.92. The van der Waals surface area contributed by atoms with Crippen LogP contribution >= 0.6 is 0 Å². The molecular formula is C20H16N4O3. The van der Waals surface area contributed by atoms with Crippen molar-refractivity contribution in [3.05, 3.63) is 90.2 Å². The lowest BCUT2D eigenvalue weighted by molar-refractivity contribution is 0.249. The van der Waals surface area contributed by atoms with E-state index < -0.39 is 6.03 Å². The summed E-state index contributed by atoms with van der Waals surface area (Å²) in [6.45, 7) is 0. The van der Waals surface area contributed by atoms with Crippen LogP contribution < -0.4 is 10.6 Å². The summed E-state index contributed by atoms with van der Waals surface area (Å²) in [7, 11) is 0. The van der Waals surface area contributed by atoms with Crippen LogP contribution in [0, 0.1) is 0 Å². The number of hydrogen-bond acceptors (Lipinski definition) is 5. The van der Waals surface area contributed by atoms with Crippen LogP contribution in [0.25, 0.3) is 11.7 Å². The average molecular weight is 360 g/mol. The second-order valence-electron chi connectivity index (χ2n) is 5.74. The summed E-state index contributed by atoms with van der Waals surface area (Å²) in [6.07, 6.45) is 1.50. The summed E-state index contributed by atoms with van der Waals surface area (Å²) in [5, 5.41) is 13.2. The first-order valence-corrected chi connectivity index (χ1v) is 8.34. The molecule has 0 aliphatic carbocycles. The van der Waals surface area contributed by atoms with Crippen LogP contribution in [-0.4, -0.2) is 16.2 Å². The van der Waals surface area contributed by atoms with Crippen molar-refractivity contribution in [3.8, 4) is 11.7 Å². The van der Waals surface area contributed by atoms with Gasteiger partial charge in [-0.2, -0.15) is 0 Å². The minimum Gasteiger partial charge on any atom is -0.459 e. The molecule has 4 aromatic rings. The molecule has 27 heavy (non-hydrogen) atoms. The van der Waals surface area contributed by atoms with E-state index in [1.54, 1.807) is 12.1 Å². The van der Waals surface area contributed by atoms with Gasteiger partial charge in [0.25, 0.3) is 5.89 Å². The largest absolute Gasteiger partial charge is 0.459 e. The summed E-state index contributed by atoms with van der Waals surface area (Å²) >= 11 is 0. The molecule has 0 saturated heterocycles. The summed E-state index contributed by atoms with van der Waals surface area (Å²) < 4.78 is 10.6. The van der Waals surface area contributed by atoms with Gasteiger partial charge in [0, 0.05) is 0 Å². The summed E-state index contributed by atoms with van der Waals surface area (Å²) in [5.41, 5.74) is 1.92. The number of nitrogens with one attached hydrogen (secondary N) is 2. The number of carbonyl (C=O) groups is 1. The lowest BCUT2D eigenvalue weighted by Gasteiger charge is -2.19. The van der Waals surface area contributed by atoms with E-state index in [9.17, 15) is 4.79 Å². The van der Waals surface area contributed by atoms with Crippen molar-refractivity contribution < 1.29 is 13.6 Å². The van der Waals surface area contributed by atoms with Gasteiger partial charge in [0.05, 0.1) is 12.3 Å². The molecule has 0 saturated carbocycles. The van der Waals surface area contributed by atoms with Gasteiger partial charge in [-0.25, -0.2) is 4.79 Å². The van der Waals surface area contributed by atoms with E-state index >= 15 is 0 Å². The van der Waals surface area contributed by atoms with E-state index in [-0.39, 0.29) is 17.9 Å². The van der Waals surface area contributed by atoms with Gasteiger partial charge in [0.2, 0.25) is 0 Å². The topological polar surface area (TPSA) is 93.2 Å². The number of benzene rings is 2. The maximum absolute atomic E-state index is 12.5. The van der Waals surface area contributed by atoms with Crippen molar-refractivity contribution in [1.82, 2.24) is 15.5 Å². The van der Waals surface area contributed by atoms with Crippen LogP contribution in [0.2, 0.25) is 0 Å². The van der Waals surface area contributed by atoms with E-state index in [4.69, 9.17) is 8.83 Å². The molecule has 2 N–H and O–H groups in total. The van der Waals surface area contributed by atoms with Gasteiger partial charge in [-0.05, 0) is 23.3 Å². The molecule has 134 valence electrons. The zero-order valence-corrected chi connectivity index (χ0v) is 14.2. The molecule has 0 atom stereocenters. The molecule has 0 radical (unpaired) electrons. The molecular weight excluding hydrogens is 344 g/mol. The van der Waals surface area contributed by atoms with Crippen molar-refractivity contribution in [3.63, 3.8) is 0 Å². The minimum absolute atomic E-state index is 0.0150. The number of anilines is 1. The second-order valence-corrected chi connectivity index (χ2v) is 5.74. The molecule has 0 bridgehead atoms. The highest BCUT2D eigenvalue weighted by Crippen LogP contribution is 2.23. The van der Waals surface area contributed by atoms with Crippen LogP contribution in [0.1, 0.15) is 17.2 Å². The maximum atomic E-state index is 12.5. The number of rotatable bonds is 5. The van der Waals surface area contributed by atoms with Crippen LogP contribution in [-0.2, 0) is 0 Å². The predicted octanol–water partition coefficient (Wildman–Crippen LogP) is 4.24. The van der Waals surface area contributed by atoms with E-state index in [0.717, 1.165) is 11.1 Å². The first-order chi connectivity index (χ1) is 13.3. The van der Waals surface area contributed by atoms with Crippen molar-refractivity contribution in [2.75, 3.05) is 5.32 Å². The van der Waals surface area contributed by atoms with E-state index in [0.29, 0.717) is 5.76 Å². The van der Waals surface area contributed by atoms with Crippen molar-refractivity contribution >= 4 is 12.0 Å². The SMILES string of the molecule is O=C(Nc1nnc(-c2ccco2)o1)NC(c1ccccc1)c1ccccc1. The van der Waals surface area contributed by atoms with E-state index in [2.05, 4.69) is 20.8 Å².